The molecule has 2 aromatic heterocycles. The van der Waals surface area contributed by atoms with Crippen LogP contribution >= 0.6 is 33.9 Å². The number of nitrogens with zero attached hydrogens (tertiary/aromatic N) is 3. The topological polar surface area (TPSA) is 65.7 Å². The Hall–Kier alpha value is -3.24. The molecular formula is C30H26IN3O3S. The summed E-state index contributed by atoms with van der Waals surface area (Å²) >= 11 is 3.90. The maximum absolute atomic E-state index is 13.3. The summed E-state index contributed by atoms with van der Waals surface area (Å²) in [4.78, 5) is 19.9. The predicted molar refractivity (Wildman–Crippen MR) is 162 cm³/mol. The minimum absolute atomic E-state index is 0.111. The van der Waals surface area contributed by atoms with Crippen molar-refractivity contribution in [3.05, 3.63) is 96.4 Å². The van der Waals surface area contributed by atoms with Crippen molar-refractivity contribution in [1.82, 2.24) is 9.66 Å². The first-order valence-electron chi connectivity index (χ1n) is 12.7. The maximum Gasteiger partial charge on any atom is 0.282 e. The minimum atomic E-state index is -0.111. The van der Waals surface area contributed by atoms with Gasteiger partial charge < -0.3 is 9.47 Å². The van der Waals surface area contributed by atoms with Gasteiger partial charge in [0.05, 0.1) is 21.8 Å². The highest BCUT2D eigenvalue weighted by Gasteiger charge is 2.20. The largest absolute Gasteiger partial charge is 0.490 e. The van der Waals surface area contributed by atoms with E-state index >= 15 is 0 Å². The Morgan fingerprint density at radius 1 is 1.11 bits per heavy atom. The van der Waals surface area contributed by atoms with Crippen molar-refractivity contribution in [2.24, 2.45) is 5.10 Å². The number of fused-ring (bicyclic) bond motifs is 4. The molecule has 0 radical (unpaired) electrons. The molecule has 8 heteroatoms. The van der Waals surface area contributed by atoms with Crippen LogP contribution in [-0.2, 0) is 19.4 Å². The van der Waals surface area contributed by atoms with Crippen molar-refractivity contribution in [3.63, 3.8) is 0 Å². The van der Waals surface area contributed by atoms with Gasteiger partial charge in [0.2, 0.25) is 0 Å². The minimum Gasteiger partial charge on any atom is -0.490 e. The number of aromatic nitrogens is 2. The molecule has 0 atom stereocenters. The van der Waals surface area contributed by atoms with Crippen LogP contribution in [0, 0.1) is 3.57 Å². The van der Waals surface area contributed by atoms with Gasteiger partial charge in [0.1, 0.15) is 17.8 Å². The molecule has 1 aliphatic rings. The smallest absolute Gasteiger partial charge is 0.282 e. The van der Waals surface area contributed by atoms with Gasteiger partial charge in [0.15, 0.2) is 11.5 Å². The summed E-state index contributed by atoms with van der Waals surface area (Å²) in [6, 6.07) is 18.4. The number of hydrogen-bond acceptors (Lipinski definition) is 6. The lowest BCUT2D eigenvalue weighted by Crippen LogP contribution is -2.18. The molecule has 1 aliphatic carbocycles. The number of benzene rings is 3. The van der Waals surface area contributed by atoms with E-state index < -0.39 is 0 Å². The molecule has 5 aromatic rings. The van der Waals surface area contributed by atoms with Gasteiger partial charge in [-0.05, 0) is 94.8 Å². The second-order valence-corrected chi connectivity index (χ2v) is 11.5. The van der Waals surface area contributed by atoms with Gasteiger partial charge in [-0.15, -0.1) is 11.3 Å². The van der Waals surface area contributed by atoms with Crippen molar-refractivity contribution < 1.29 is 9.47 Å². The third kappa shape index (κ3) is 4.82. The third-order valence-electron chi connectivity index (χ3n) is 6.77. The lowest BCUT2D eigenvalue weighted by molar-refractivity contribution is 0.268. The van der Waals surface area contributed by atoms with Crippen LogP contribution in [0.5, 0.6) is 11.5 Å². The summed E-state index contributed by atoms with van der Waals surface area (Å²) in [5.74, 6) is 1.34. The van der Waals surface area contributed by atoms with Crippen molar-refractivity contribution in [1.29, 1.82) is 0 Å². The summed E-state index contributed by atoms with van der Waals surface area (Å²) in [5, 5.41) is 7.57. The van der Waals surface area contributed by atoms with E-state index in [-0.39, 0.29) is 5.56 Å². The standard InChI is InChI=1S/C30H26IN3O3S/c1-2-36-25-15-19(14-24(31)28(25)37-17-21-10-7-9-20-8-3-4-11-22(20)21)16-33-34-18-32-29-27(30(34)35)23-12-5-6-13-26(23)38-29/h3-4,7-11,14-16,18H,2,5-6,12-13,17H2,1H3/b33-16-. The van der Waals surface area contributed by atoms with E-state index in [0.717, 1.165) is 44.2 Å². The molecule has 0 bridgehead atoms. The summed E-state index contributed by atoms with van der Waals surface area (Å²) in [5.41, 5.74) is 2.99. The van der Waals surface area contributed by atoms with Gasteiger partial charge in [0.25, 0.3) is 5.56 Å². The van der Waals surface area contributed by atoms with E-state index in [1.54, 1.807) is 17.6 Å². The van der Waals surface area contributed by atoms with Gasteiger partial charge in [0, 0.05) is 4.88 Å². The molecule has 6 nitrogen and oxygen atoms in total. The zero-order chi connectivity index (χ0) is 26.1. The molecule has 6 rings (SSSR count). The molecule has 0 spiro atoms. The zero-order valence-electron chi connectivity index (χ0n) is 20.9. The average Bonchev–Trinajstić information content (AvgIpc) is 3.32. The highest BCUT2D eigenvalue weighted by molar-refractivity contribution is 14.1. The Morgan fingerprint density at radius 2 is 1.95 bits per heavy atom. The number of aryl methyl sites for hydroxylation is 2. The predicted octanol–water partition coefficient (Wildman–Crippen LogP) is 6.95. The molecule has 0 saturated heterocycles. The van der Waals surface area contributed by atoms with Gasteiger partial charge in [-0.25, -0.2) is 4.98 Å². The lowest BCUT2D eigenvalue weighted by atomic mass is 9.97. The molecule has 38 heavy (non-hydrogen) atoms. The number of hydrogen-bond donors (Lipinski definition) is 0. The second kappa shape index (κ2) is 10.9. The molecule has 0 unspecified atom stereocenters. The average molecular weight is 636 g/mol. The van der Waals surface area contributed by atoms with Crippen molar-refractivity contribution in [2.45, 2.75) is 39.2 Å². The molecule has 0 amide bonds. The van der Waals surface area contributed by atoms with Crippen LogP contribution in [0.2, 0.25) is 0 Å². The van der Waals surface area contributed by atoms with Crippen molar-refractivity contribution in [2.75, 3.05) is 6.61 Å². The SMILES string of the molecule is CCOc1cc(/C=N\n2cnc3sc4c(c3c2=O)CCCC4)cc(I)c1OCc1cccc2ccccc12. The molecule has 3 aromatic carbocycles. The Labute approximate surface area is 238 Å². The third-order valence-corrected chi connectivity index (χ3v) is 8.77. The molecule has 0 fully saturated rings. The van der Waals surface area contributed by atoms with Gasteiger partial charge in [-0.3, -0.25) is 4.79 Å². The van der Waals surface area contributed by atoms with Crippen LogP contribution in [0.25, 0.3) is 21.0 Å². The van der Waals surface area contributed by atoms with Crippen LogP contribution in [-0.4, -0.2) is 22.5 Å². The normalized spacial score (nSPS) is 13.3. The van der Waals surface area contributed by atoms with Crippen LogP contribution < -0.4 is 15.0 Å². The molecule has 0 saturated carbocycles. The highest BCUT2D eigenvalue weighted by atomic mass is 127. The fourth-order valence-corrected chi connectivity index (χ4v) is 6.98. The zero-order valence-corrected chi connectivity index (χ0v) is 23.9. The highest BCUT2D eigenvalue weighted by Crippen LogP contribution is 2.35. The second-order valence-electron chi connectivity index (χ2n) is 9.22. The molecular weight excluding hydrogens is 609 g/mol. The van der Waals surface area contributed by atoms with E-state index in [1.165, 1.54) is 38.6 Å². The summed E-state index contributed by atoms with van der Waals surface area (Å²) in [6.07, 6.45) is 7.45. The van der Waals surface area contributed by atoms with E-state index in [0.29, 0.717) is 24.7 Å². The van der Waals surface area contributed by atoms with E-state index in [4.69, 9.17) is 9.47 Å². The lowest BCUT2D eigenvalue weighted by Gasteiger charge is -2.15. The van der Waals surface area contributed by atoms with Gasteiger partial charge in [-0.2, -0.15) is 9.78 Å². The van der Waals surface area contributed by atoms with E-state index in [1.807, 2.05) is 31.2 Å². The number of rotatable bonds is 7. The molecule has 0 N–H and O–H groups in total. The van der Waals surface area contributed by atoms with Crippen LogP contribution in [0.15, 0.2) is 70.8 Å². The molecule has 2 heterocycles. The fourth-order valence-electron chi connectivity index (χ4n) is 4.98. The summed E-state index contributed by atoms with van der Waals surface area (Å²) in [7, 11) is 0. The van der Waals surface area contributed by atoms with Gasteiger partial charge in [-0.1, -0.05) is 42.5 Å². The van der Waals surface area contributed by atoms with E-state index in [2.05, 4.69) is 63.0 Å². The van der Waals surface area contributed by atoms with Crippen molar-refractivity contribution >= 4 is 61.1 Å². The first-order valence-corrected chi connectivity index (χ1v) is 14.6. The number of halogens is 1. The number of ether oxygens (including phenoxy) is 2. The maximum atomic E-state index is 13.3. The van der Waals surface area contributed by atoms with Crippen LogP contribution in [0.3, 0.4) is 0 Å². The first-order chi connectivity index (χ1) is 18.6. The Bertz CT molecular complexity index is 1740. The van der Waals surface area contributed by atoms with E-state index in [9.17, 15) is 4.79 Å². The summed E-state index contributed by atoms with van der Waals surface area (Å²) < 4.78 is 14.5. The monoisotopic (exact) mass is 635 g/mol. The Morgan fingerprint density at radius 3 is 2.84 bits per heavy atom. The Balaban J connectivity index is 1.29. The quantitative estimate of drug-likeness (QED) is 0.143. The Kier molecular flexibility index (Phi) is 7.16. The number of thiophene rings is 1. The van der Waals surface area contributed by atoms with Gasteiger partial charge >= 0.3 is 0 Å². The summed E-state index contributed by atoms with van der Waals surface area (Å²) in [6.45, 7) is 2.88. The molecule has 0 aliphatic heterocycles. The molecule has 192 valence electrons. The van der Waals surface area contributed by atoms with Crippen molar-refractivity contribution in [3.8, 4) is 11.5 Å². The fraction of sp³-hybridized carbons (Fsp3) is 0.233. The van der Waals surface area contributed by atoms with Crippen LogP contribution in [0.1, 0.15) is 41.3 Å². The van der Waals surface area contributed by atoms with Crippen LogP contribution in [0.4, 0.5) is 0 Å². The first kappa shape index (κ1) is 25.1.